The number of hydrogen-bond acceptors (Lipinski definition) is 4. The second kappa shape index (κ2) is 6.86. The van der Waals surface area contributed by atoms with Crippen LogP contribution in [0.5, 0.6) is 0 Å². The third-order valence-electron chi connectivity index (χ3n) is 4.02. The highest BCUT2D eigenvalue weighted by atomic mass is 35.5. The SMILES string of the molecule is N#CC(c1ccccc1Cl)N1CCN(C(=O)c2ccco2)CC1. The topological polar surface area (TPSA) is 60.5 Å². The predicted molar refractivity (Wildman–Crippen MR) is 86.0 cm³/mol. The van der Waals surface area contributed by atoms with Crippen LogP contribution in [0.15, 0.2) is 47.1 Å². The Morgan fingerprint density at radius 3 is 2.52 bits per heavy atom. The number of furan rings is 1. The van der Waals surface area contributed by atoms with Crippen LogP contribution >= 0.6 is 11.6 Å². The Hall–Kier alpha value is -2.29. The van der Waals surface area contributed by atoms with E-state index in [1.54, 1.807) is 23.1 Å². The van der Waals surface area contributed by atoms with E-state index in [0.29, 0.717) is 37.0 Å². The summed E-state index contributed by atoms with van der Waals surface area (Å²) in [6.45, 7) is 2.36. The Labute approximate surface area is 139 Å². The Morgan fingerprint density at radius 1 is 1.17 bits per heavy atom. The van der Waals surface area contributed by atoms with E-state index in [0.717, 1.165) is 5.56 Å². The van der Waals surface area contributed by atoms with E-state index in [4.69, 9.17) is 16.0 Å². The molecule has 1 aromatic carbocycles. The fourth-order valence-electron chi connectivity index (χ4n) is 2.78. The standard InChI is InChI=1S/C17H16ClN3O2/c18-14-5-2-1-4-13(14)15(12-19)20-7-9-21(10-8-20)17(22)16-6-3-11-23-16/h1-6,11,15H,7-10H2. The monoisotopic (exact) mass is 329 g/mol. The smallest absolute Gasteiger partial charge is 0.289 e. The molecular weight excluding hydrogens is 314 g/mol. The summed E-state index contributed by atoms with van der Waals surface area (Å²) in [4.78, 5) is 16.1. The summed E-state index contributed by atoms with van der Waals surface area (Å²) >= 11 is 6.21. The molecule has 0 N–H and O–H groups in total. The molecule has 0 saturated carbocycles. The van der Waals surface area contributed by atoms with E-state index in [1.807, 2.05) is 23.1 Å². The van der Waals surface area contributed by atoms with Crippen LogP contribution in [-0.4, -0.2) is 41.9 Å². The van der Waals surface area contributed by atoms with Crippen molar-refractivity contribution < 1.29 is 9.21 Å². The lowest BCUT2D eigenvalue weighted by Crippen LogP contribution is -2.49. The Balaban J connectivity index is 1.67. The average molecular weight is 330 g/mol. The number of piperazine rings is 1. The lowest BCUT2D eigenvalue weighted by molar-refractivity contribution is 0.0576. The molecular formula is C17H16ClN3O2. The van der Waals surface area contributed by atoms with E-state index in [2.05, 4.69) is 6.07 Å². The molecule has 1 saturated heterocycles. The van der Waals surface area contributed by atoms with Gasteiger partial charge in [-0.3, -0.25) is 9.69 Å². The summed E-state index contributed by atoms with van der Waals surface area (Å²) in [5.74, 6) is 0.238. The summed E-state index contributed by atoms with van der Waals surface area (Å²) in [5.41, 5.74) is 0.808. The van der Waals surface area contributed by atoms with Gasteiger partial charge in [0.2, 0.25) is 0 Å². The van der Waals surface area contributed by atoms with Crippen molar-refractivity contribution in [1.29, 1.82) is 5.26 Å². The number of nitriles is 1. The van der Waals surface area contributed by atoms with Gasteiger partial charge in [-0.1, -0.05) is 29.8 Å². The highest BCUT2D eigenvalue weighted by molar-refractivity contribution is 6.31. The number of amides is 1. The molecule has 23 heavy (non-hydrogen) atoms. The van der Waals surface area contributed by atoms with E-state index >= 15 is 0 Å². The molecule has 1 fully saturated rings. The molecule has 1 aliphatic heterocycles. The molecule has 0 spiro atoms. The van der Waals surface area contributed by atoms with Gasteiger partial charge in [0.15, 0.2) is 5.76 Å². The molecule has 1 aliphatic rings. The Morgan fingerprint density at radius 2 is 1.91 bits per heavy atom. The van der Waals surface area contributed by atoms with E-state index in [-0.39, 0.29) is 5.91 Å². The molecule has 2 aromatic rings. The number of carbonyl (C=O) groups is 1. The van der Waals surface area contributed by atoms with Gasteiger partial charge in [-0.15, -0.1) is 0 Å². The molecule has 1 aromatic heterocycles. The van der Waals surface area contributed by atoms with Crippen molar-refractivity contribution in [2.45, 2.75) is 6.04 Å². The summed E-state index contributed by atoms with van der Waals surface area (Å²) in [7, 11) is 0. The lowest BCUT2D eigenvalue weighted by atomic mass is 10.1. The van der Waals surface area contributed by atoms with Crippen LogP contribution in [0.3, 0.4) is 0 Å². The van der Waals surface area contributed by atoms with Crippen LogP contribution < -0.4 is 0 Å². The molecule has 2 heterocycles. The van der Waals surface area contributed by atoms with Gasteiger partial charge in [0, 0.05) is 36.8 Å². The molecule has 1 amide bonds. The molecule has 6 heteroatoms. The van der Waals surface area contributed by atoms with Crippen LogP contribution in [0.1, 0.15) is 22.2 Å². The summed E-state index contributed by atoms with van der Waals surface area (Å²) in [6, 6.07) is 12.7. The normalized spacial score (nSPS) is 16.8. The first-order valence-electron chi connectivity index (χ1n) is 7.41. The number of nitrogens with zero attached hydrogens (tertiary/aromatic N) is 3. The zero-order valence-electron chi connectivity index (χ0n) is 12.5. The number of carbonyl (C=O) groups excluding carboxylic acids is 1. The quantitative estimate of drug-likeness (QED) is 0.868. The fourth-order valence-corrected chi connectivity index (χ4v) is 3.02. The number of halogens is 1. The van der Waals surface area contributed by atoms with Crippen molar-refractivity contribution in [3.63, 3.8) is 0 Å². The van der Waals surface area contributed by atoms with E-state index in [1.165, 1.54) is 6.26 Å². The van der Waals surface area contributed by atoms with Crippen LogP contribution in [0.2, 0.25) is 5.02 Å². The van der Waals surface area contributed by atoms with Crippen molar-refractivity contribution in [3.8, 4) is 6.07 Å². The minimum absolute atomic E-state index is 0.110. The second-order valence-corrected chi connectivity index (χ2v) is 5.77. The molecule has 0 bridgehead atoms. The maximum Gasteiger partial charge on any atom is 0.289 e. The first kappa shape index (κ1) is 15.6. The van der Waals surface area contributed by atoms with Crippen LogP contribution in [0.25, 0.3) is 0 Å². The molecule has 0 aliphatic carbocycles. The number of hydrogen-bond donors (Lipinski definition) is 0. The van der Waals surface area contributed by atoms with Gasteiger partial charge in [0.1, 0.15) is 6.04 Å². The van der Waals surface area contributed by atoms with Gasteiger partial charge in [0.05, 0.1) is 12.3 Å². The fraction of sp³-hybridized carbons (Fsp3) is 0.294. The summed E-state index contributed by atoms with van der Waals surface area (Å²) in [5, 5.41) is 10.1. The summed E-state index contributed by atoms with van der Waals surface area (Å²) < 4.78 is 5.15. The first-order valence-corrected chi connectivity index (χ1v) is 7.79. The van der Waals surface area contributed by atoms with Crippen molar-refractivity contribution >= 4 is 17.5 Å². The maximum absolute atomic E-state index is 12.3. The van der Waals surface area contributed by atoms with Gasteiger partial charge in [-0.2, -0.15) is 5.26 Å². The maximum atomic E-state index is 12.3. The molecule has 0 radical (unpaired) electrons. The molecule has 5 nitrogen and oxygen atoms in total. The van der Waals surface area contributed by atoms with Crippen LogP contribution in [0.4, 0.5) is 0 Å². The minimum Gasteiger partial charge on any atom is -0.459 e. The molecule has 118 valence electrons. The third kappa shape index (κ3) is 3.24. The molecule has 3 rings (SSSR count). The minimum atomic E-state index is -0.399. The van der Waals surface area contributed by atoms with Crippen molar-refractivity contribution in [3.05, 3.63) is 59.0 Å². The third-order valence-corrected chi connectivity index (χ3v) is 4.36. The molecule has 1 atom stereocenters. The van der Waals surface area contributed by atoms with E-state index < -0.39 is 6.04 Å². The van der Waals surface area contributed by atoms with E-state index in [9.17, 15) is 10.1 Å². The largest absolute Gasteiger partial charge is 0.459 e. The van der Waals surface area contributed by atoms with Crippen molar-refractivity contribution in [2.75, 3.05) is 26.2 Å². The second-order valence-electron chi connectivity index (χ2n) is 5.36. The lowest BCUT2D eigenvalue weighted by Gasteiger charge is -2.36. The van der Waals surface area contributed by atoms with Crippen LogP contribution in [0, 0.1) is 11.3 Å². The highest BCUT2D eigenvalue weighted by Crippen LogP contribution is 2.28. The van der Waals surface area contributed by atoms with Gasteiger partial charge < -0.3 is 9.32 Å². The van der Waals surface area contributed by atoms with Gasteiger partial charge in [-0.05, 0) is 18.2 Å². The van der Waals surface area contributed by atoms with Gasteiger partial charge in [-0.25, -0.2) is 0 Å². The van der Waals surface area contributed by atoms with Crippen molar-refractivity contribution in [2.24, 2.45) is 0 Å². The zero-order chi connectivity index (χ0) is 16.2. The predicted octanol–water partition coefficient (Wildman–Crippen LogP) is 2.96. The van der Waals surface area contributed by atoms with Crippen LogP contribution in [-0.2, 0) is 0 Å². The zero-order valence-corrected chi connectivity index (χ0v) is 13.2. The van der Waals surface area contributed by atoms with Gasteiger partial charge in [0.25, 0.3) is 5.91 Å². The Kier molecular flexibility index (Phi) is 4.65. The summed E-state index contributed by atoms with van der Waals surface area (Å²) in [6.07, 6.45) is 1.49. The Bertz CT molecular complexity index is 716. The first-order chi connectivity index (χ1) is 11.2. The number of benzene rings is 1. The average Bonchev–Trinajstić information content (AvgIpc) is 3.12. The van der Waals surface area contributed by atoms with Gasteiger partial charge >= 0.3 is 0 Å². The number of rotatable bonds is 3. The molecule has 1 unspecified atom stereocenters. The van der Waals surface area contributed by atoms with Crippen molar-refractivity contribution in [1.82, 2.24) is 9.80 Å². The highest BCUT2D eigenvalue weighted by Gasteiger charge is 2.29.